The zero-order chi connectivity index (χ0) is 4.24. The molecule has 0 spiro atoms. The Morgan fingerprint density at radius 1 is 0.667 bits per heavy atom. The molecule has 0 aromatic rings. The predicted molar refractivity (Wildman–Crippen MR) is 31.7 cm³/mol. The predicted octanol–water partition coefficient (Wildman–Crippen LogP) is 0.240. The maximum atomic E-state index is 1.78. The van der Waals surface area contributed by atoms with Crippen LogP contribution in [0.1, 0.15) is 0 Å². The quantitative estimate of drug-likeness (QED) is 0.547. The standard InChI is InChI=1S/C3H6Ge3/c1-4-2-6-3-5-1/h1-3H2. The van der Waals surface area contributed by atoms with E-state index in [1.165, 1.54) is 0 Å². The van der Waals surface area contributed by atoms with E-state index in [1.807, 2.05) is 0 Å². The maximum absolute atomic E-state index is 1.78. The van der Waals surface area contributed by atoms with Gasteiger partial charge in [-0.1, -0.05) is 0 Å². The molecule has 30 valence electrons. The van der Waals surface area contributed by atoms with Crippen LogP contribution in [0.15, 0.2) is 0 Å². The van der Waals surface area contributed by atoms with E-state index in [9.17, 15) is 0 Å². The third-order valence-electron chi connectivity index (χ3n) is 0.750. The first kappa shape index (κ1) is 5.76. The van der Waals surface area contributed by atoms with Crippen LogP contribution in [0.4, 0.5) is 0 Å². The van der Waals surface area contributed by atoms with Gasteiger partial charge in [-0.05, 0) is 0 Å². The van der Waals surface area contributed by atoms with Gasteiger partial charge in [-0.15, -0.1) is 0 Å². The van der Waals surface area contributed by atoms with Crippen molar-refractivity contribution in [1.82, 2.24) is 0 Å². The van der Waals surface area contributed by atoms with Gasteiger partial charge in [0.1, 0.15) is 0 Å². The van der Waals surface area contributed by atoms with E-state index in [0.717, 1.165) is 46.3 Å². The molecular weight excluding hydrogens is 254 g/mol. The second-order valence-electron chi connectivity index (χ2n) is 1.28. The fourth-order valence-corrected chi connectivity index (χ4v) is 33.5. The van der Waals surface area contributed by atoms with Crippen LogP contribution in [0.3, 0.4) is 0 Å². The monoisotopic (exact) mass is 264 g/mol. The van der Waals surface area contributed by atoms with Gasteiger partial charge in [0.2, 0.25) is 0 Å². The summed E-state index contributed by atoms with van der Waals surface area (Å²) >= 11 is 2.16. The molecular formula is C3H6Ge3. The fourth-order valence-electron chi connectivity index (χ4n) is 0.453. The van der Waals surface area contributed by atoms with E-state index in [1.54, 1.807) is 12.3 Å². The van der Waals surface area contributed by atoms with Gasteiger partial charge < -0.3 is 0 Å². The van der Waals surface area contributed by atoms with Crippen LogP contribution in [-0.2, 0) is 0 Å². The topological polar surface area (TPSA) is 0 Å². The van der Waals surface area contributed by atoms with Crippen molar-refractivity contribution in [2.45, 2.75) is 12.3 Å². The first-order valence-electron chi connectivity index (χ1n) is 2.12. The molecule has 1 saturated heterocycles. The van der Waals surface area contributed by atoms with Crippen LogP contribution in [0.25, 0.3) is 0 Å². The third-order valence-corrected chi connectivity index (χ3v) is 20.2. The van der Waals surface area contributed by atoms with E-state index in [0.29, 0.717) is 0 Å². The number of hydrogen-bond donors (Lipinski definition) is 0. The molecule has 1 aliphatic rings. The molecule has 0 unspecified atom stereocenters. The summed E-state index contributed by atoms with van der Waals surface area (Å²) < 4.78 is 5.34. The van der Waals surface area contributed by atoms with Crippen molar-refractivity contribution in [3.8, 4) is 0 Å². The Morgan fingerprint density at radius 2 is 1.00 bits per heavy atom. The average molecular weight is 260 g/mol. The molecule has 0 atom stereocenters. The summed E-state index contributed by atoms with van der Waals surface area (Å²) in [5.74, 6) is 0. The Morgan fingerprint density at radius 3 is 1.17 bits per heavy atom. The SMILES string of the molecule is [CH2]1[Ge][CH2][Ge][CH2][Ge]1. The van der Waals surface area contributed by atoms with Gasteiger partial charge in [0.05, 0.1) is 0 Å². The molecule has 1 heterocycles. The second kappa shape index (κ2) is 3.61. The van der Waals surface area contributed by atoms with E-state index in [-0.39, 0.29) is 0 Å². The van der Waals surface area contributed by atoms with Crippen LogP contribution >= 0.6 is 0 Å². The van der Waals surface area contributed by atoms with Crippen molar-refractivity contribution in [2.24, 2.45) is 0 Å². The van der Waals surface area contributed by atoms with Crippen LogP contribution in [0, 0.1) is 0 Å². The molecule has 0 N–H and O–H groups in total. The van der Waals surface area contributed by atoms with Gasteiger partial charge in [0, 0.05) is 0 Å². The van der Waals surface area contributed by atoms with E-state index in [4.69, 9.17) is 0 Å². The van der Waals surface area contributed by atoms with Crippen molar-refractivity contribution in [2.75, 3.05) is 0 Å². The number of rotatable bonds is 0. The fraction of sp³-hybridized carbons (Fsp3) is 1.00. The van der Waals surface area contributed by atoms with Gasteiger partial charge in [-0.3, -0.25) is 0 Å². The average Bonchev–Trinajstić information content (AvgIpc) is 1.72. The molecule has 6 radical (unpaired) electrons. The van der Waals surface area contributed by atoms with Gasteiger partial charge in [-0.2, -0.15) is 0 Å². The molecule has 0 bridgehead atoms. The molecule has 0 nitrogen and oxygen atoms in total. The molecule has 0 aromatic heterocycles. The molecule has 6 heavy (non-hydrogen) atoms. The molecule has 0 aromatic carbocycles. The minimum atomic E-state index is 0.719. The van der Waals surface area contributed by atoms with Crippen molar-refractivity contribution in [1.29, 1.82) is 0 Å². The summed E-state index contributed by atoms with van der Waals surface area (Å²) in [6, 6.07) is 0. The summed E-state index contributed by atoms with van der Waals surface area (Å²) in [6.45, 7) is 0. The van der Waals surface area contributed by atoms with Gasteiger partial charge in [0.25, 0.3) is 0 Å². The van der Waals surface area contributed by atoms with Gasteiger partial charge in [0.15, 0.2) is 0 Å². The Labute approximate surface area is 58.3 Å². The van der Waals surface area contributed by atoms with Gasteiger partial charge >= 0.3 is 58.6 Å². The zero-order valence-corrected chi connectivity index (χ0v) is 9.92. The summed E-state index contributed by atoms with van der Waals surface area (Å²) in [5, 5.41) is 0. The first-order chi connectivity index (χ1) is 3.00. The normalized spacial score (nSPS) is 24.0. The Bertz CT molecular complexity index is 21.5. The third kappa shape index (κ3) is 2.07. The summed E-state index contributed by atoms with van der Waals surface area (Å²) in [5.41, 5.74) is 0. The molecule has 0 amide bonds. The first-order valence-corrected chi connectivity index (χ1v) is 11.0. The molecule has 1 aliphatic heterocycles. The molecule has 0 aliphatic carbocycles. The number of hydrogen-bond acceptors (Lipinski definition) is 0. The second-order valence-corrected chi connectivity index (χ2v) is 18.2. The summed E-state index contributed by atoms with van der Waals surface area (Å²) in [4.78, 5) is 0. The zero-order valence-electron chi connectivity index (χ0n) is 3.62. The van der Waals surface area contributed by atoms with Crippen molar-refractivity contribution in [3.05, 3.63) is 0 Å². The van der Waals surface area contributed by atoms with Crippen LogP contribution in [0.2, 0.25) is 12.3 Å². The summed E-state index contributed by atoms with van der Waals surface area (Å²) in [6.07, 6.45) is 0. The van der Waals surface area contributed by atoms with E-state index in [2.05, 4.69) is 0 Å². The molecule has 0 saturated carbocycles. The molecule has 1 rings (SSSR count). The van der Waals surface area contributed by atoms with Crippen LogP contribution < -0.4 is 0 Å². The Balaban J connectivity index is 2.00. The van der Waals surface area contributed by atoms with Gasteiger partial charge in [-0.25, -0.2) is 0 Å². The van der Waals surface area contributed by atoms with Crippen molar-refractivity contribution >= 4 is 46.3 Å². The molecule has 3 heteroatoms. The van der Waals surface area contributed by atoms with Crippen LogP contribution in [0.5, 0.6) is 0 Å². The van der Waals surface area contributed by atoms with Crippen molar-refractivity contribution in [3.63, 3.8) is 0 Å². The molecule has 1 fully saturated rings. The van der Waals surface area contributed by atoms with E-state index >= 15 is 0 Å². The Kier molecular flexibility index (Phi) is 3.46. The minimum absolute atomic E-state index is 0.719. The summed E-state index contributed by atoms with van der Waals surface area (Å²) in [7, 11) is 0. The van der Waals surface area contributed by atoms with Crippen LogP contribution in [-0.4, -0.2) is 46.3 Å². The van der Waals surface area contributed by atoms with Crippen molar-refractivity contribution < 1.29 is 0 Å². The van der Waals surface area contributed by atoms with E-state index < -0.39 is 0 Å². The Hall–Kier alpha value is 1.63.